The number of fused-ring (bicyclic) bond motifs is 1. The van der Waals surface area contributed by atoms with Crippen molar-refractivity contribution in [1.29, 1.82) is 0 Å². The van der Waals surface area contributed by atoms with Gasteiger partial charge in [0.2, 0.25) is 0 Å². The van der Waals surface area contributed by atoms with Crippen molar-refractivity contribution in [3.05, 3.63) is 88.5 Å². The van der Waals surface area contributed by atoms with Crippen molar-refractivity contribution in [2.24, 2.45) is 0 Å². The van der Waals surface area contributed by atoms with Gasteiger partial charge in [-0.3, -0.25) is 0 Å². The fraction of sp³-hybridized carbons (Fsp3) is 0.292. The summed E-state index contributed by atoms with van der Waals surface area (Å²) in [6, 6.07) is 15.5. The molecule has 0 radical (unpaired) electrons. The van der Waals surface area contributed by atoms with E-state index >= 15 is 0 Å². The standard InChI is InChI=1S/C24H26N2/c1-15(2)18-10-7-11-19(16(3)4)22(18)21-14-17-8-5-6-9-20(17)23(21)24-25-12-13-26-24/h5-16,23H,1-4H3,(H,25,26). The molecule has 1 N–H and O–H groups in total. The van der Waals surface area contributed by atoms with Crippen LogP contribution in [0, 0.1) is 0 Å². The van der Waals surface area contributed by atoms with Crippen molar-refractivity contribution >= 4 is 11.6 Å². The van der Waals surface area contributed by atoms with E-state index in [9.17, 15) is 0 Å². The fourth-order valence-electron chi connectivity index (χ4n) is 4.15. The molecule has 1 aliphatic rings. The third-order valence-corrected chi connectivity index (χ3v) is 5.38. The lowest BCUT2D eigenvalue weighted by atomic mass is 9.80. The van der Waals surface area contributed by atoms with Crippen LogP contribution in [0.25, 0.3) is 11.6 Å². The van der Waals surface area contributed by atoms with Crippen LogP contribution in [0.15, 0.2) is 54.9 Å². The van der Waals surface area contributed by atoms with Crippen molar-refractivity contribution in [3.63, 3.8) is 0 Å². The summed E-state index contributed by atoms with van der Waals surface area (Å²) >= 11 is 0. The Kier molecular flexibility index (Phi) is 4.28. The molecular formula is C24H26N2. The Morgan fingerprint density at radius 2 is 1.58 bits per heavy atom. The zero-order valence-electron chi connectivity index (χ0n) is 16.0. The van der Waals surface area contributed by atoms with Gasteiger partial charge in [-0.2, -0.15) is 0 Å². The molecule has 0 amide bonds. The fourth-order valence-corrected chi connectivity index (χ4v) is 4.15. The summed E-state index contributed by atoms with van der Waals surface area (Å²) in [6.45, 7) is 9.14. The molecular weight excluding hydrogens is 316 g/mol. The molecule has 26 heavy (non-hydrogen) atoms. The number of hydrogen-bond donors (Lipinski definition) is 1. The van der Waals surface area contributed by atoms with Gasteiger partial charge in [0.25, 0.3) is 0 Å². The molecule has 2 nitrogen and oxygen atoms in total. The molecule has 4 rings (SSSR count). The molecule has 1 aliphatic carbocycles. The number of nitrogens with zero attached hydrogens (tertiary/aromatic N) is 1. The van der Waals surface area contributed by atoms with E-state index in [1.54, 1.807) is 0 Å². The highest BCUT2D eigenvalue weighted by Gasteiger charge is 2.32. The lowest BCUT2D eigenvalue weighted by Crippen LogP contribution is -2.09. The lowest BCUT2D eigenvalue weighted by Gasteiger charge is -2.24. The van der Waals surface area contributed by atoms with Crippen LogP contribution >= 0.6 is 0 Å². The average Bonchev–Trinajstić information content (AvgIpc) is 3.27. The van der Waals surface area contributed by atoms with Crippen LogP contribution in [0.1, 0.15) is 79.1 Å². The molecule has 2 heteroatoms. The number of benzene rings is 2. The van der Waals surface area contributed by atoms with Crippen molar-refractivity contribution in [3.8, 4) is 0 Å². The first-order chi connectivity index (χ1) is 12.6. The SMILES string of the molecule is CC(C)c1cccc(C(C)C)c1C1=Cc2ccccc2C1c1ncc[nH]1. The minimum absolute atomic E-state index is 0.165. The van der Waals surface area contributed by atoms with Crippen LogP contribution in [-0.4, -0.2) is 9.97 Å². The van der Waals surface area contributed by atoms with E-state index in [-0.39, 0.29) is 5.92 Å². The number of allylic oxidation sites excluding steroid dienone is 1. The molecule has 0 aliphatic heterocycles. The average molecular weight is 342 g/mol. The van der Waals surface area contributed by atoms with Gasteiger partial charge in [0, 0.05) is 12.4 Å². The Hall–Kier alpha value is -2.61. The number of H-pyrrole nitrogens is 1. The second-order valence-corrected chi connectivity index (χ2v) is 7.76. The maximum Gasteiger partial charge on any atom is 0.118 e. The molecule has 0 saturated heterocycles. The predicted octanol–water partition coefficient (Wildman–Crippen LogP) is 6.34. The van der Waals surface area contributed by atoms with E-state index in [2.05, 4.69) is 86.2 Å². The first kappa shape index (κ1) is 16.8. The van der Waals surface area contributed by atoms with Crippen molar-refractivity contribution in [2.45, 2.75) is 45.4 Å². The van der Waals surface area contributed by atoms with Crippen molar-refractivity contribution in [2.75, 3.05) is 0 Å². The second-order valence-electron chi connectivity index (χ2n) is 7.76. The molecule has 2 aromatic carbocycles. The second kappa shape index (κ2) is 6.60. The number of nitrogens with one attached hydrogen (secondary N) is 1. The topological polar surface area (TPSA) is 28.7 Å². The Bertz CT molecular complexity index is 920. The molecule has 132 valence electrons. The molecule has 1 unspecified atom stereocenters. The summed E-state index contributed by atoms with van der Waals surface area (Å²) in [5, 5.41) is 0. The Morgan fingerprint density at radius 3 is 2.19 bits per heavy atom. The number of rotatable bonds is 4. The molecule has 1 heterocycles. The molecule has 0 bridgehead atoms. The van der Waals surface area contributed by atoms with Crippen molar-refractivity contribution < 1.29 is 0 Å². The van der Waals surface area contributed by atoms with Crippen molar-refractivity contribution in [1.82, 2.24) is 9.97 Å². The summed E-state index contributed by atoms with van der Waals surface area (Å²) in [6.07, 6.45) is 6.15. The van der Waals surface area contributed by atoms with Gasteiger partial charge in [0.05, 0.1) is 5.92 Å². The van der Waals surface area contributed by atoms with Crippen LogP contribution < -0.4 is 0 Å². The van der Waals surface area contributed by atoms with E-state index in [1.165, 1.54) is 33.4 Å². The van der Waals surface area contributed by atoms with Crippen LogP contribution in [0.2, 0.25) is 0 Å². The Labute approximate surface area is 156 Å². The smallest absolute Gasteiger partial charge is 0.118 e. The molecule has 0 fully saturated rings. The van der Waals surface area contributed by atoms with Gasteiger partial charge in [-0.25, -0.2) is 4.98 Å². The van der Waals surface area contributed by atoms with E-state index in [0.717, 1.165) is 5.82 Å². The van der Waals surface area contributed by atoms with Crippen LogP contribution in [-0.2, 0) is 0 Å². The number of hydrogen-bond acceptors (Lipinski definition) is 1. The number of aromatic nitrogens is 2. The summed E-state index contributed by atoms with van der Waals surface area (Å²) in [5.74, 6) is 2.14. The maximum atomic E-state index is 4.63. The van der Waals surface area contributed by atoms with E-state index in [4.69, 9.17) is 0 Å². The van der Waals surface area contributed by atoms with Gasteiger partial charge in [0.15, 0.2) is 0 Å². The third-order valence-electron chi connectivity index (χ3n) is 5.38. The molecule has 3 aromatic rings. The summed E-state index contributed by atoms with van der Waals surface area (Å²) in [5.41, 5.74) is 8.27. The van der Waals surface area contributed by atoms with Gasteiger partial charge in [-0.05, 0) is 51.3 Å². The largest absolute Gasteiger partial charge is 0.348 e. The van der Waals surface area contributed by atoms with E-state index in [0.29, 0.717) is 11.8 Å². The summed E-state index contributed by atoms with van der Waals surface area (Å²) < 4.78 is 0. The summed E-state index contributed by atoms with van der Waals surface area (Å²) in [7, 11) is 0. The lowest BCUT2D eigenvalue weighted by molar-refractivity contribution is 0.820. The predicted molar refractivity (Wildman–Crippen MR) is 109 cm³/mol. The molecule has 1 aromatic heterocycles. The van der Waals surface area contributed by atoms with E-state index in [1.807, 2.05) is 12.4 Å². The normalized spacial score (nSPS) is 16.2. The van der Waals surface area contributed by atoms with Gasteiger partial charge in [-0.15, -0.1) is 0 Å². The zero-order valence-corrected chi connectivity index (χ0v) is 16.0. The number of imidazole rings is 1. The highest BCUT2D eigenvalue weighted by Crippen LogP contribution is 2.48. The first-order valence-corrected chi connectivity index (χ1v) is 9.51. The van der Waals surface area contributed by atoms with Crippen LogP contribution in [0.3, 0.4) is 0 Å². The molecule has 0 saturated carbocycles. The van der Waals surface area contributed by atoms with Gasteiger partial charge < -0.3 is 4.98 Å². The highest BCUT2D eigenvalue weighted by molar-refractivity contribution is 5.95. The first-order valence-electron chi connectivity index (χ1n) is 9.51. The zero-order chi connectivity index (χ0) is 18.3. The summed E-state index contributed by atoms with van der Waals surface area (Å²) in [4.78, 5) is 7.99. The molecule has 0 spiro atoms. The van der Waals surface area contributed by atoms with Gasteiger partial charge in [0.1, 0.15) is 5.82 Å². The van der Waals surface area contributed by atoms with Crippen LogP contribution in [0.5, 0.6) is 0 Å². The number of aromatic amines is 1. The van der Waals surface area contributed by atoms with Crippen LogP contribution in [0.4, 0.5) is 0 Å². The minimum Gasteiger partial charge on any atom is -0.348 e. The maximum absolute atomic E-state index is 4.63. The Morgan fingerprint density at radius 1 is 0.885 bits per heavy atom. The monoisotopic (exact) mass is 342 g/mol. The Balaban J connectivity index is 1.98. The third kappa shape index (κ3) is 2.70. The molecule has 1 atom stereocenters. The van der Waals surface area contributed by atoms with Gasteiger partial charge in [-0.1, -0.05) is 70.2 Å². The highest BCUT2D eigenvalue weighted by atomic mass is 14.9. The minimum atomic E-state index is 0.165. The van der Waals surface area contributed by atoms with Gasteiger partial charge >= 0.3 is 0 Å². The quantitative estimate of drug-likeness (QED) is 0.588. The van der Waals surface area contributed by atoms with E-state index < -0.39 is 0 Å².